The molecule has 0 spiro atoms. The lowest BCUT2D eigenvalue weighted by atomic mass is 10.1. The van der Waals surface area contributed by atoms with E-state index >= 15 is 0 Å². The molecule has 1 aromatic carbocycles. The van der Waals surface area contributed by atoms with Gasteiger partial charge in [-0.2, -0.15) is 0 Å². The van der Waals surface area contributed by atoms with Gasteiger partial charge in [0.2, 0.25) is 0 Å². The van der Waals surface area contributed by atoms with Crippen molar-refractivity contribution < 1.29 is 4.79 Å². The molecule has 0 aliphatic carbocycles. The molecule has 0 N–H and O–H groups in total. The number of carbonyl (C=O) groups is 1. The summed E-state index contributed by atoms with van der Waals surface area (Å²) in [5.41, 5.74) is 4.08. The quantitative estimate of drug-likeness (QED) is 0.694. The SMILES string of the molecule is CCc1ccc(-n2nnc(C(=O)N3CCCCCC3)c2-c2cccnc2)cc1. The van der Waals surface area contributed by atoms with E-state index in [2.05, 4.69) is 34.4 Å². The van der Waals surface area contributed by atoms with Crippen molar-refractivity contribution in [1.29, 1.82) is 0 Å². The van der Waals surface area contributed by atoms with Gasteiger partial charge in [0.15, 0.2) is 5.69 Å². The number of benzene rings is 1. The molecule has 1 aliphatic rings. The summed E-state index contributed by atoms with van der Waals surface area (Å²) in [6, 6.07) is 12.0. The lowest BCUT2D eigenvalue weighted by molar-refractivity contribution is 0.0756. The van der Waals surface area contributed by atoms with Crippen molar-refractivity contribution in [1.82, 2.24) is 24.9 Å². The van der Waals surface area contributed by atoms with Gasteiger partial charge in [0.25, 0.3) is 5.91 Å². The predicted octanol–water partition coefficient (Wildman–Crippen LogP) is 3.91. The van der Waals surface area contributed by atoms with Gasteiger partial charge in [-0.15, -0.1) is 5.10 Å². The summed E-state index contributed by atoms with van der Waals surface area (Å²) >= 11 is 0. The standard InChI is InChI=1S/C22H25N5O/c1-2-17-9-11-19(12-10-17)27-21(18-8-7-13-23-16-18)20(24-25-27)22(28)26-14-5-3-4-6-15-26/h7-13,16H,2-6,14-15H2,1H3. The van der Waals surface area contributed by atoms with Gasteiger partial charge in [-0.25, -0.2) is 4.68 Å². The molecule has 28 heavy (non-hydrogen) atoms. The van der Waals surface area contributed by atoms with Crippen LogP contribution in [0.15, 0.2) is 48.8 Å². The van der Waals surface area contributed by atoms with Gasteiger partial charge in [0.1, 0.15) is 5.69 Å². The van der Waals surface area contributed by atoms with Gasteiger partial charge in [-0.3, -0.25) is 9.78 Å². The number of likely N-dealkylation sites (tertiary alicyclic amines) is 1. The smallest absolute Gasteiger partial charge is 0.276 e. The summed E-state index contributed by atoms with van der Waals surface area (Å²) < 4.78 is 1.75. The van der Waals surface area contributed by atoms with Crippen molar-refractivity contribution >= 4 is 5.91 Å². The van der Waals surface area contributed by atoms with Crippen LogP contribution in [0.2, 0.25) is 0 Å². The van der Waals surface area contributed by atoms with Crippen LogP contribution < -0.4 is 0 Å². The summed E-state index contributed by atoms with van der Waals surface area (Å²) in [6.45, 7) is 3.69. The lowest BCUT2D eigenvalue weighted by Gasteiger charge is -2.19. The Hall–Kier alpha value is -3.02. The molecule has 6 heteroatoms. The Morgan fingerprint density at radius 2 is 1.79 bits per heavy atom. The van der Waals surface area contributed by atoms with E-state index in [4.69, 9.17) is 0 Å². The largest absolute Gasteiger partial charge is 0.337 e. The van der Waals surface area contributed by atoms with Crippen molar-refractivity contribution in [2.75, 3.05) is 13.1 Å². The van der Waals surface area contributed by atoms with Crippen LogP contribution in [0.3, 0.4) is 0 Å². The van der Waals surface area contributed by atoms with E-state index in [1.807, 2.05) is 29.2 Å². The average Bonchev–Trinajstić information content (AvgIpc) is 3.01. The van der Waals surface area contributed by atoms with Crippen molar-refractivity contribution in [2.45, 2.75) is 39.0 Å². The van der Waals surface area contributed by atoms with Crippen LogP contribution in [0.1, 0.15) is 48.7 Å². The Morgan fingerprint density at radius 3 is 2.43 bits per heavy atom. The summed E-state index contributed by atoms with van der Waals surface area (Å²) in [7, 11) is 0. The third-order valence-corrected chi connectivity index (χ3v) is 5.29. The third-order valence-electron chi connectivity index (χ3n) is 5.29. The molecule has 1 aliphatic heterocycles. The van der Waals surface area contributed by atoms with Crippen LogP contribution >= 0.6 is 0 Å². The fraction of sp³-hybridized carbons (Fsp3) is 0.364. The maximum absolute atomic E-state index is 13.3. The zero-order valence-electron chi connectivity index (χ0n) is 16.2. The monoisotopic (exact) mass is 375 g/mol. The Morgan fingerprint density at radius 1 is 1.04 bits per heavy atom. The fourth-order valence-electron chi connectivity index (χ4n) is 3.66. The number of aryl methyl sites for hydroxylation is 1. The molecule has 0 radical (unpaired) electrons. The first kappa shape index (κ1) is 18.3. The van der Waals surface area contributed by atoms with Crippen LogP contribution in [0.4, 0.5) is 0 Å². The maximum atomic E-state index is 13.3. The Labute approximate surface area is 165 Å². The second kappa shape index (κ2) is 8.33. The summed E-state index contributed by atoms with van der Waals surface area (Å²) in [5.74, 6) is -0.0443. The number of carbonyl (C=O) groups excluding carboxylic acids is 1. The second-order valence-electron chi connectivity index (χ2n) is 7.17. The zero-order valence-corrected chi connectivity index (χ0v) is 16.2. The number of pyridine rings is 1. The minimum absolute atomic E-state index is 0.0443. The Kier molecular flexibility index (Phi) is 5.46. The van der Waals surface area contributed by atoms with Crippen LogP contribution in [-0.2, 0) is 6.42 Å². The van der Waals surface area contributed by atoms with Gasteiger partial charge in [0.05, 0.1) is 5.69 Å². The van der Waals surface area contributed by atoms with Crippen molar-refractivity contribution in [2.24, 2.45) is 0 Å². The molecule has 1 fully saturated rings. The molecule has 1 amide bonds. The topological polar surface area (TPSA) is 63.9 Å². The molecular formula is C22H25N5O. The molecule has 4 rings (SSSR count). The number of rotatable bonds is 4. The highest BCUT2D eigenvalue weighted by Gasteiger charge is 2.26. The highest BCUT2D eigenvalue weighted by molar-refractivity contribution is 5.98. The van der Waals surface area contributed by atoms with E-state index in [1.165, 1.54) is 18.4 Å². The van der Waals surface area contributed by atoms with Gasteiger partial charge < -0.3 is 4.90 Å². The van der Waals surface area contributed by atoms with Gasteiger partial charge >= 0.3 is 0 Å². The van der Waals surface area contributed by atoms with Crippen LogP contribution in [0.25, 0.3) is 16.9 Å². The van der Waals surface area contributed by atoms with E-state index in [0.29, 0.717) is 11.4 Å². The number of aromatic nitrogens is 4. The molecule has 3 heterocycles. The van der Waals surface area contributed by atoms with Crippen LogP contribution in [0.5, 0.6) is 0 Å². The third kappa shape index (κ3) is 3.67. The molecule has 0 unspecified atom stereocenters. The number of hydrogen-bond donors (Lipinski definition) is 0. The van der Waals surface area contributed by atoms with Gasteiger partial charge in [0, 0.05) is 31.0 Å². The normalized spacial score (nSPS) is 14.7. The molecule has 0 atom stereocenters. The highest BCUT2D eigenvalue weighted by Crippen LogP contribution is 2.26. The van der Waals surface area contributed by atoms with Crippen LogP contribution in [0, 0.1) is 0 Å². The predicted molar refractivity (Wildman–Crippen MR) is 108 cm³/mol. The maximum Gasteiger partial charge on any atom is 0.276 e. The highest BCUT2D eigenvalue weighted by atomic mass is 16.2. The van der Waals surface area contributed by atoms with Crippen molar-refractivity contribution in [3.63, 3.8) is 0 Å². The molecule has 0 saturated carbocycles. The van der Waals surface area contributed by atoms with Crippen molar-refractivity contribution in [3.8, 4) is 16.9 Å². The summed E-state index contributed by atoms with van der Waals surface area (Å²) in [5, 5.41) is 8.66. The van der Waals surface area contributed by atoms with E-state index in [9.17, 15) is 4.79 Å². The molecule has 144 valence electrons. The van der Waals surface area contributed by atoms with E-state index < -0.39 is 0 Å². The van der Waals surface area contributed by atoms with E-state index in [0.717, 1.165) is 43.6 Å². The second-order valence-corrected chi connectivity index (χ2v) is 7.17. The van der Waals surface area contributed by atoms with E-state index in [1.54, 1.807) is 17.1 Å². The molecular weight excluding hydrogens is 350 g/mol. The van der Waals surface area contributed by atoms with E-state index in [-0.39, 0.29) is 5.91 Å². The molecule has 6 nitrogen and oxygen atoms in total. The first-order chi connectivity index (χ1) is 13.8. The zero-order chi connectivity index (χ0) is 19.3. The summed E-state index contributed by atoms with van der Waals surface area (Å²) in [6.07, 6.45) is 8.90. The first-order valence-corrected chi connectivity index (χ1v) is 10.0. The lowest BCUT2D eigenvalue weighted by Crippen LogP contribution is -2.32. The number of amides is 1. The van der Waals surface area contributed by atoms with Crippen molar-refractivity contribution in [3.05, 3.63) is 60.0 Å². The number of hydrogen-bond acceptors (Lipinski definition) is 4. The molecule has 3 aromatic rings. The minimum Gasteiger partial charge on any atom is -0.337 e. The van der Waals surface area contributed by atoms with Crippen LogP contribution in [-0.4, -0.2) is 43.9 Å². The average molecular weight is 375 g/mol. The molecule has 2 aromatic heterocycles. The fourth-order valence-corrected chi connectivity index (χ4v) is 3.66. The summed E-state index contributed by atoms with van der Waals surface area (Å²) in [4.78, 5) is 19.4. The molecule has 0 bridgehead atoms. The Balaban J connectivity index is 1.78. The number of nitrogens with zero attached hydrogens (tertiary/aromatic N) is 5. The van der Waals surface area contributed by atoms with Gasteiger partial charge in [-0.1, -0.05) is 37.1 Å². The molecule has 1 saturated heterocycles. The first-order valence-electron chi connectivity index (χ1n) is 10.0. The van der Waals surface area contributed by atoms with Gasteiger partial charge in [-0.05, 0) is 49.1 Å². The Bertz CT molecular complexity index is 925. The minimum atomic E-state index is -0.0443.